The number of fused-ring (bicyclic) bond motifs is 1. The van der Waals surface area contributed by atoms with Crippen LogP contribution in [0, 0.1) is 0 Å². The van der Waals surface area contributed by atoms with Crippen LogP contribution in [0.4, 0.5) is 5.69 Å². The average molecular weight is 227 g/mol. The first-order valence-electron chi connectivity index (χ1n) is 6.27. The highest BCUT2D eigenvalue weighted by Crippen LogP contribution is 2.28. The monoisotopic (exact) mass is 227 g/mol. The maximum Gasteiger partial charge on any atom is 0.0682 e. The van der Waals surface area contributed by atoms with E-state index in [4.69, 9.17) is 0 Å². The van der Waals surface area contributed by atoms with Crippen LogP contribution in [0.15, 0.2) is 30.5 Å². The van der Waals surface area contributed by atoms with Gasteiger partial charge in [-0.15, -0.1) is 0 Å². The van der Waals surface area contributed by atoms with Gasteiger partial charge in [0.05, 0.1) is 5.69 Å². The predicted molar refractivity (Wildman–Crippen MR) is 70.1 cm³/mol. The molecule has 2 aromatic rings. The molecule has 17 heavy (non-hydrogen) atoms. The molecule has 0 radical (unpaired) electrons. The smallest absolute Gasteiger partial charge is 0.0682 e. The zero-order valence-electron chi connectivity index (χ0n) is 10.1. The average Bonchev–Trinajstić information content (AvgIpc) is 2.96. The molecule has 1 aliphatic heterocycles. The van der Waals surface area contributed by atoms with Gasteiger partial charge in [-0.05, 0) is 30.5 Å². The summed E-state index contributed by atoms with van der Waals surface area (Å²) >= 11 is 0. The van der Waals surface area contributed by atoms with Crippen molar-refractivity contribution in [3.63, 3.8) is 0 Å². The van der Waals surface area contributed by atoms with E-state index in [0.29, 0.717) is 0 Å². The van der Waals surface area contributed by atoms with Gasteiger partial charge in [0.25, 0.3) is 0 Å². The van der Waals surface area contributed by atoms with Gasteiger partial charge in [-0.1, -0.05) is 19.1 Å². The normalized spacial score (nSPS) is 13.5. The summed E-state index contributed by atoms with van der Waals surface area (Å²) in [5.74, 6) is 0. The van der Waals surface area contributed by atoms with Crippen molar-refractivity contribution in [2.45, 2.75) is 26.3 Å². The van der Waals surface area contributed by atoms with Gasteiger partial charge in [0, 0.05) is 30.5 Å². The molecule has 3 rings (SSSR count). The van der Waals surface area contributed by atoms with E-state index in [1.807, 2.05) is 6.20 Å². The second kappa shape index (κ2) is 4.24. The lowest BCUT2D eigenvalue weighted by Crippen LogP contribution is -2.01. The van der Waals surface area contributed by atoms with Crippen LogP contribution >= 0.6 is 0 Å². The quantitative estimate of drug-likeness (QED) is 0.873. The van der Waals surface area contributed by atoms with Crippen LogP contribution in [-0.2, 0) is 13.0 Å². The van der Waals surface area contributed by atoms with Crippen molar-refractivity contribution in [1.82, 2.24) is 9.78 Å². The molecule has 3 nitrogen and oxygen atoms in total. The second-order valence-electron chi connectivity index (χ2n) is 4.49. The molecule has 1 aromatic heterocycles. The Labute approximate surface area is 101 Å². The SMILES string of the molecule is CCCn1nccc1-c1ccc2c(c1)NCC2. The third-order valence-electron chi connectivity index (χ3n) is 3.27. The van der Waals surface area contributed by atoms with Crippen molar-refractivity contribution in [1.29, 1.82) is 0 Å². The molecule has 0 atom stereocenters. The molecular formula is C14H17N3. The third kappa shape index (κ3) is 1.82. The third-order valence-corrected chi connectivity index (χ3v) is 3.27. The molecule has 0 aliphatic carbocycles. The summed E-state index contributed by atoms with van der Waals surface area (Å²) in [5.41, 5.74) is 5.18. The number of benzene rings is 1. The Balaban J connectivity index is 2.00. The first-order chi connectivity index (χ1) is 8.38. The maximum absolute atomic E-state index is 4.37. The molecular weight excluding hydrogens is 210 g/mol. The van der Waals surface area contributed by atoms with Crippen molar-refractivity contribution in [3.05, 3.63) is 36.0 Å². The Hall–Kier alpha value is -1.77. The Morgan fingerprint density at radius 3 is 3.18 bits per heavy atom. The lowest BCUT2D eigenvalue weighted by molar-refractivity contribution is 0.609. The molecule has 0 saturated carbocycles. The molecule has 0 spiro atoms. The van der Waals surface area contributed by atoms with Gasteiger partial charge in [-0.25, -0.2) is 0 Å². The van der Waals surface area contributed by atoms with Gasteiger partial charge in [-0.3, -0.25) is 4.68 Å². The molecule has 3 heteroatoms. The molecule has 0 fully saturated rings. The lowest BCUT2D eigenvalue weighted by Gasteiger charge is -2.08. The fraction of sp³-hybridized carbons (Fsp3) is 0.357. The number of aryl methyl sites for hydroxylation is 1. The van der Waals surface area contributed by atoms with Crippen molar-refractivity contribution in [3.8, 4) is 11.3 Å². The summed E-state index contributed by atoms with van der Waals surface area (Å²) in [5, 5.41) is 7.80. The number of aromatic nitrogens is 2. The van der Waals surface area contributed by atoms with Crippen LogP contribution in [0.25, 0.3) is 11.3 Å². The summed E-state index contributed by atoms with van der Waals surface area (Å²) in [6, 6.07) is 8.76. The van der Waals surface area contributed by atoms with Gasteiger partial charge < -0.3 is 5.32 Å². The van der Waals surface area contributed by atoms with E-state index in [2.05, 4.69) is 46.3 Å². The van der Waals surface area contributed by atoms with Crippen LogP contribution < -0.4 is 5.32 Å². The first kappa shape index (κ1) is 10.4. The van der Waals surface area contributed by atoms with E-state index >= 15 is 0 Å². The highest BCUT2D eigenvalue weighted by Gasteiger charge is 2.12. The van der Waals surface area contributed by atoms with Crippen LogP contribution in [0.3, 0.4) is 0 Å². The maximum atomic E-state index is 4.37. The minimum absolute atomic E-state index is 0.979. The minimum atomic E-state index is 0.979. The number of anilines is 1. The van der Waals surface area contributed by atoms with E-state index in [1.165, 1.54) is 22.5 Å². The number of nitrogens with one attached hydrogen (secondary N) is 1. The summed E-state index contributed by atoms with van der Waals surface area (Å²) in [4.78, 5) is 0. The molecule has 1 aliphatic rings. The highest BCUT2D eigenvalue weighted by atomic mass is 15.3. The summed E-state index contributed by atoms with van der Waals surface area (Å²) in [7, 11) is 0. The number of hydrogen-bond acceptors (Lipinski definition) is 2. The zero-order valence-corrected chi connectivity index (χ0v) is 10.1. The van der Waals surface area contributed by atoms with Crippen LogP contribution in [0.1, 0.15) is 18.9 Å². The number of nitrogens with zero attached hydrogens (tertiary/aromatic N) is 2. The van der Waals surface area contributed by atoms with Crippen LogP contribution in [0.5, 0.6) is 0 Å². The van der Waals surface area contributed by atoms with Crippen LogP contribution in [0.2, 0.25) is 0 Å². The van der Waals surface area contributed by atoms with Gasteiger partial charge in [0.2, 0.25) is 0 Å². The first-order valence-corrected chi connectivity index (χ1v) is 6.27. The molecule has 1 N–H and O–H groups in total. The van der Waals surface area contributed by atoms with Crippen molar-refractivity contribution < 1.29 is 0 Å². The Kier molecular flexibility index (Phi) is 2.59. The number of hydrogen-bond donors (Lipinski definition) is 1. The molecule has 2 heterocycles. The Morgan fingerprint density at radius 1 is 1.35 bits per heavy atom. The highest BCUT2D eigenvalue weighted by molar-refractivity contribution is 5.69. The summed E-state index contributed by atoms with van der Waals surface area (Å²) < 4.78 is 2.08. The fourth-order valence-corrected chi connectivity index (χ4v) is 2.42. The zero-order chi connectivity index (χ0) is 11.7. The van der Waals surface area contributed by atoms with E-state index in [9.17, 15) is 0 Å². The van der Waals surface area contributed by atoms with E-state index < -0.39 is 0 Å². The van der Waals surface area contributed by atoms with Crippen molar-refractivity contribution in [2.24, 2.45) is 0 Å². The standard InChI is InChI=1S/C14H17N3/c1-2-9-17-14(6-8-16-17)12-4-3-11-5-7-15-13(11)10-12/h3-4,6,8,10,15H,2,5,7,9H2,1H3. The van der Waals surface area contributed by atoms with E-state index in [-0.39, 0.29) is 0 Å². The molecule has 0 bridgehead atoms. The predicted octanol–water partition coefficient (Wildman–Crippen LogP) is 2.93. The van der Waals surface area contributed by atoms with Gasteiger partial charge in [0.15, 0.2) is 0 Å². The Bertz CT molecular complexity index is 528. The Morgan fingerprint density at radius 2 is 2.29 bits per heavy atom. The fourth-order valence-electron chi connectivity index (χ4n) is 2.42. The summed E-state index contributed by atoms with van der Waals surface area (Å²) in [6.07, 6.45) is 4.13. The second-order valence-corrected chi connectivity index (χ2v) is 4.49. The van der Waals surface area contributed by atoms with Gasteiger partial charge in [0.1, 0.15) is 0 Å². The van der Waals surface area contributed by atoms with Gasteiger partial charge >= 0.3 is 0 Å². The molecule has 0 saturated heterocycles. The number of rotatable bonds is 3. The summed E-state index contributed by atoms with van der Waals surface area (Å²) in [6.45, 7) is 4.22. The molecule has 88 valence electrons. The largest absolute Gasteiger partial charge is 0.384 e. The topological polar surface area (TPSA) is 29.9 Å². The van der Waals surface area contributed by atoms with E-state index in [0.717, 1.165) is 25.9 Å². The van der Waals surface area contributed by atoms with Crippen molar-refractivity contribution in [2.75, 3.05) is 11.9 Å². The molecule has 0 unspecified atom stereocenters. The van der Waals surface area contributed by atoms with E-state index in [1.54, 1.807) is 0 Å². The molecule has 1 aromatic carbocycles. The minimum Gasteiger partial charge on any atom is -0.384 e. The molecule has 0 amide bonds. The van der Waals surface area contributed by atoms with Crippen molar-refractivity contribution >= 4 is 5.69 Å². The van der Waals surface area contributed by atoms with Gasteiger partial charge in [-0.2, -0.15) is 5.10 Å². The van der Waals surface area contributed by atoms with Crippen LogP contribution in [-0.4, -0.2) is 16.3 Å². The lowest BCUT2D eigenvalue weighted by atomic mass is 10.1.